The van der Waals surface area contributed by atoms with Crippen molar-refractivity contribution in [2.75, 3.05) is 13.7 Å². The first-order valence-corrected chi connectivity index (χ1v) is 11.8. The Morgan fingerprint density at radius 2 is 1.97 bits per heavy atom. The maximum atomic E-state index is 12.4. The molecule has 0 amide bonds. The smallest absolute Gasteiger partial charge is 0.340 e. The fourth-order valence-corrected chi connectivity index (χ4v) is 4.17. The van der Waals surface area contributed by atoms with E-state index in [1.807, 2.05) is 19.1 Å². The maximum absolute atomic E-state index is 12.4. The molecular formula is C20H19ClN2O6S2. The van der Waals surface area contributed by atoms with Gasteiger partial charge in [0.25, 0.3) is 0 Å². The van der Waals surface area contributed by atoms with Gasteiger partial charge in [0.15, 0.2) is 11.5 Å². The number of benzene rings is 2. The minimum absolute atomic E-state index is 0.0536. The quantitative estimate of drug-likeness (QED) is 0.484. The number of halogens is 1. The van der Waals surface area contributed by atoms with Crippen LogP contribution in [0.4, 0.5) is 0 Å². The van der Waals surface area contributed by atoms with E-state index >= 15 is 0 Å². The highest BCUT2D eigenvalue weighted by atomic mass is 35.5. The molecule has 0 aliphatic rings. The van der Waals surface area contributed by atoms with E-state index in [-0.39, 0.29) is 22.1 Å². The Kier molecular flexibility index (Phi) is 7.16. The van der Waals surface area contributed by atoms with Crippen molar-refractivity contribution in [3.05, 3.63) is 58.1 Å². The van der Waals surface area contributed by atoms with E-state index < -0.39 is 16.0 Å². The van der Waals surface area contributed by atoms with Crippen LogP contribution in [-0.4, -0.2) is 33.1 Å². The Bertz CT molecular complexity index is 1210. The number of primary sulfonamides is 1. The number of carbonyl (C=O) groups excluding carboxylic acids is 1. The number of rotatable bonds is 8. The van der Waals surface area contributed by atoms with E-state index in [1.54, 1.807) is 18.6 Å². The molecule has 0 saturated carbocycles. The normalized spacial score (nSPS) is 11.2. The molecule has 0 aliphatic heterocycles. The van der Waals surface area contributed by atoms with E-state index in [9.17, 15) is 13.2 Å². The summed E-state index contributed by atoms with van der Waals surface area (Å²) in [5.41, 5.74) is 1.26. The molecule has 164 valence electrons. The van der Waals surface area contributed by atoms with E-state index in [1.165, 1.54) is 23.5 Å². The van der Waals surface area contributed by atoms with Gasteiger partial charge in [0.1, 0.15) is 11.6 Å². The number of thiazole rings is 1. The summed E-state index contributed by atoms with van der Waals surface area (Å²) in [5, 5.41) is 7.62. The van der Waals surface area contributed by atoms with E-state index in [2.05, 4.69) is 4.98 Å². The van der Waals surface area contributed by atoms with E-state index in [0.717, 1.165) is 11.6 Å². The largest absolute Gasteiger partial charge is 0.493 e. The Balaban J connectivity index is 1.73. The highest BCUT2D eigenvalue weighted by Gasteiger charge is 2.18. The van der Waals surface area contributed by atoms with Crippen molar-refractivity contribution in [1.29, 1.82) is 0 Å². The summed E-state index contributed by atoms with van der Waals surface area (Å²) in [4.78, 5) is 16.6. The lowest BCUT2D eigenvalue weighted by Gasteiger charge is -2.10. The van der Waals surface area contributed by atoms with E-state index in [4.69, 9.17) is 31.0 Å². The molecule has 3 aromatic rings. The van der Waals surface area contributed by atoms with Gasteiger partial charge in [-0.2, -0.15) is 0 Å². The molecule has 0 saturated heterocycles. The fourth-order valence-electron chi connectivity index (χ4n) is 2.64. The van der Waals surface area contributed by atoms with Gasteiger partial charge in [0.2, 0.25) is 10.0 Å². The van der Waals surface area contributed by atoms with Crippen LogP contribution >= 0.6 is 22.9 Å². The van der Waals surface area contributed by atoms with Crippen LogP contribution in [-0.2, 0) is 21.4 Å². The van der Waals surface area contributed by atoms with Gasteiger partial charge in [0, 0.05) is 10.9 Å². The molecule has 0 spiro atoms. The van der Waals surface area contributed by atoms with Gasteiger partial charge in [-0.15, -0.1) is 11.3 Å². The highest BCUT2D eigenvalue weighted by Crippen LogP contribution is 2.34. The molecular weight excluding hydrogens is 464 g/mol. The number of nitrogens with two attached hydrogens (primary N) is 1. The summed E-state index contributed by atoms with van der Waals surface area (Å²) in [6.45, 7) is 2.30. The number of carbonyl (C=O) groups is 1. The topological polar surface area (TPSA) is 118 Å². The molecule has 1 heterocycles. The average molecular weight is 483 g/mol. The second-order valence-corrected chi connectivity index (χ2v) is 9.03. The second kappa shape index (κ2) is 9.65. The molecule has 2 N–H and O–H groups in total. The molecule has 8 nitrogen and oxygen atoms in total. The van der Waals surface area contributed by atoms with Gasteiger partial charge < -0.3 is 14.2 Å². The van der Waals surface area contributed by atoms with Crippen LogP contribution in [0.3, 0.4) is 0 Å². The number of nitrogens with zero attached hydrogens (tertiary/aromatic N) is 1. The van der Waals surface area contributed by atoms with Crippen molar-refractivity contribution in [3.8, 4) is 22.1 Å². The molecule has 0 fully saturated rings. The SMILES string of the molecule is CCOc1ccc(-c2nc(COC(=O)c3cc(S(N)(=O)=O)ccc3Cl)cs2)cc1OC. The summed E-state index contributed by atoms with van der Waals surface area (Å²) < 4.78 is 39.1. The van der Waals surface area contributed by atoms with Crippen molar-refractivity contribution in [2.24, 2.45) is 5.14 Å². The minimum atomic E-state index is -3.98. The first kappa shape index (κ1) is 23.0. The summed E-state index contributed by atoms with van der Waals surface area (Å²) >= 11 is 7.38. The third-order valence-electron chi connectivity index (χ3n) is 4.10. The van der Waals surface area contributed by atoms with Gasteiger partial charge >= 0.3 is 5.97 Å². The summed E-state index contributed by atoms with van der Waals surface area (Å²) in [7, 11) is -2.42. The zero-order valence-electron chi connectivity index (χ0n) is 16.6. The van der Waals surface area contributed by atoms with Crippen LogP contribution in [0.15, 0.2) is 46.7 Å². The molecule has 3 rings (SSSR count). The summed E-state index contributed by atoms with van der Waals surface area (Å²) in [6.07, 6.45) is 0. The van der Waals surface area contributed by atoms with Crippen molar-refractivity contribution in [3.63, 3.8) is 0 Å². The Labute approximate surface area is 188 Å². The van der Waals surface area contributed by atoms with Gasteiger partial charge in [0.05, 0.1) is 34.9 Å². The number of aromatic nitrogens is 1. The molecule has 2 aromatic carbocycles. The number of hydrogen-bond donors (Lipinski definition) is 1. The Morgan fingerprint density at radius 1 is 1.19 bits per heavy atom. The molecule has 0 radical (unpaired) electrons. The first-order chi connectivity index (χ1) is 14.7. The van der Waals surface area contributed by atoms with Crippen molar-refractivity contribution >= 4 is 38.9 Å². The number of hydrogen-bond acceptors (Lipinski definition) is 8. The molecule has 0 aliphatic carbocycles. The standard InChI is InChI=1S/C20H19ClN2O6S2/c1-3-28-17-7-4-12(8-18(17)27-2)19-23-13(11-30-19)10-29-20(24)15-9-14(31(22,25)26)5-6-16(15)21/h4-9,11H,3,10H2,1-2H3,(H2,22,25,26). The second-order valence-electron chi connectivity index (χ2n) is 6.21. The van der Waals surface area contributed by atoms with Crippen LogP contribution in [0.2, 0.25) is 5.02 Å². The van der Waals surface area contributed by atoms with Crippen molar-refractivity contribution in [2.45, 2.75) is 18.4 Å². The van der Waals surface area contributed by atoms with Gasteiger partial charge in [-0.3, -0.25) is 0 Å². The van der Waals surface area contributed by atoms with Crippen LogP contribution in [0.5, 0.6) is 11.5 Å². The van der Waals surface area contributed by atoms with Crippen LogP contribution in [0.1, 0.15) is 23.0 Å². The van der Waals surface area contributed by atoms with Crippen LogP contribution in [0.25, 0.3) is 10.6 Å². The third kappa shape index (κ3) is 5.53. The number of methoxy groups -OCH3 is 1. The van der Waals surface area contributed by atoms with Gasteiger partial charge in [-0.1, -0.05) is 11.6 Å². The number of esters is 1. The highest BCUT2D eigenvalue weighted by molar-refractivity contribution is 7.89. The lowest BCUT2D eigenvalue weighted by Crippen LogP contribution is -2.14. The van der Waals surface area contributed by atoms with Gasteiger partial charge in [-0.25, -0.2) is 23.3 Å². The maximum Gasteiger partial charge on any atom is 0.340 e. The molecule has 0 atom stereocenters. The van der Waals surface area contributed by atoms with Crippen LogP contribution in [0, 0.1) is 0 Å². The predicted molar refractivity (Wildman–Crippen MR) is 117 cm³/mol. The number of ether oxygens (including phenoxy) is 3. The van der Waals surface area contributed by atoms with Crippen LogP contribution < -0.4 is 14.6 Å². The zero-order chi connectivity index (χ0) is 22.6. The Morgan fingerprint density at radius 3 is 2.65 bits per heavy atom. The lowest BCUT2D eigenvalue weighted by molar-refractivity contribution is 0.0468. The molecule has 11 heteroatoms. The summed E-state index contributed by atoms with van der Waals surface area (Å²) in [6, 6.07) is 9.06. The minimum Gasteiger partial charge on any atom is -0.493 e. The fraction of sp³-hybridized carbons (Fsp3) is 0.200. The average Bonchev–Trinajstić information content (AvgIpc) is 3.21. The first-order valence-electron chi connectivity index (χ1n) is 8.98. The predicted octanol–water partition coefficient (Wildman–Crippen LogP) is 3.88. The Hall–Kier alpha value is -2.66. The molecule has 0 bridgehead atoms. The number of sulfonamides is 1. The third-order valence-corrected chi connectivity index (χ3v) is 6.28. The monoisotopic (exact) mass is 482 g/mol. The molecule has 1 aromatic heterocycles. The van der Waals surface area contributed by atoms with Crippen molar-refractivity contribution in [1.82, 2.24) is 4.98 Å². The lowest BCUT2D eigenvalue weighted by atomic mass is 10.2. The van der Waals surface area contributed by atoms with Crippen molar-refractivity contribution < 1.29 is 27.4 Å². The summed E-state index contributed by atoms with van der Waals surface area (Å²) in [5.74, 6) is 0.442. The zero-order valence-corrected chi connectivity index (χ0v) is 19.0. The molecule has 0 unspecified atom stereocenters. The van der Waals surface area contributed by atoms with E-state index in [0.29, 0.717) is 28.8 Å². The molecule has 31 heavy (non-hydrogen) atoms. The van der Waals surface area contributed by atoms with Gasteiger partial charge in [-0.05, 0) is 43.3 Å².